The molecule has 1 amide bonds. The monoisotopic (exact) mass is 300 g/mol. The number of nitrogens with one attached hydrogen (secondary N) is 2. The maximum Gasteiger partial charge on any atom is 0.251 e. The van der Waals surface area contributed by atoms with E-state index in [1.807, 2.05) is 42.5 Å². The van der Waals surface area contributed by atoms with Crippen LogP contribution in [0.2, 0.25) is 5.02 Å². The van der Waals surface area contributed by atoms with E-state index in [1.54, 1.807) is 0 Å². The summed E-state index contributed by atoms with van der Waals surface area (Å²) in [6.45, 7) is 1.48. The van der Waals surface area contributed by atoms with Gasteiger partial charge < -0.3 is 10.6 Å². The molecule has 1 heterocycles. The summed E-state index contributed by atoms with van der Waals surface area (Å²) in [5.74, 6) is -0.0227. The molecule has 3 nitrogen and oxygen atoms in total. The SMILES string of the molecule is O=C(NCc1ccc(Cl)cc1)c1cccc2c1CCCN2. The van der Waals surface area contributed by atoms with Gasteiger partial charge in [-0.3, -0.25) is 4.79 Å². The Bertz CT molecular complexity index is 652. The van der Waals surface area contributed by atoms with E-state index in [0.717, 1.165) is 41.8 Å². The quantitative estimate of drug-likeness (QED) is 0.909. The summed E-state index contributed by atoms with van der Waals surface area (Å²) in [6.07, 6.45) is 2.02. The minimum absolute atomic E-state index is 0.0227. The highest BCUT2D eigenvalue weighted by atomic mass is 35.5. The van der Waals surface area contributed by atoms with Crippen LogP contribution in [0, 0.1) is 0 Å². The number of hydrogen-bond donors (Lipinski definition) is 2. The second-order valence-electron chi connectivity index (χ2n) is 5.17. The van der Waals surface area contributed by atoms with Gasteiger partial charge in [-0.15, -0.1) is 0 Å². The molecular weight excluding hydrogens is 284 g/mol. The fraction of sp³-hybridized carbons (Fsp3) is 0.235. The lowest BCUT2D eigenvalue weighted by atomic mass is 9.97. The van der Waals surface area contributed by atoms with Crippen molar-refractivity contribution in [3.05, 3.63) is 64.2 Å². The van der Waals surface area contributed by atoms with Crippen LogP contribution in [-0.2, 0) is 13.0 Å². The van der Waals surface area contributed by atoms with Crippen molar-refractivity contribution < 1.29 is 4.79 Å². The smallest absolute Gasteiger partial charge is 0.251 e. The first-order valence-corrected chi connectivity index (χ1v) is 7.50. The molecule has 0 bridgehead atoms. The van der Waals surface area contributed by atoms with E-state index in [2.05, 4.69) is 10.6 Å². The van der Waals surface area contributed by atoms with Crippen LogP contribution in [0.15, 0.2) is 42.5 Å². The zero-order chi connectivity index (χ0) is 14.7. The van der Waals surface area contributed by atoms with E-state index in [1.165, 1.54) is 0 Å². The molecule has 108 valence electrons. The van der Waals surface area contributed by atoms with E-state index in [4.69, 9.17) is 11.6 Å². The van der Waals surface area contributed by atoms with Gasteiger partial charge in [-0.25, -0.2) is 0 Å². The van der Waals surface area contributed by atoms with Gasteiger partial charge >= 0.3 is 0 Å². The molecule has 0 atom stereocenters. The van der Waals surface area contributed by atoms with Crippen LogP contribution in [0.5, 0.6) is 0 Å². The molecule has 2 aromatic carbocycles. The number of carbonyl (C=O) groups excluding carboxylic acids is 1. The molecule has 2 aromatic rings. The van der Waals surface area contributed by atoms with E-state index in [0.29, 0.717) is 11.6 Å². The van der Waals surface area contributed by atoms with Crippen molar-refractivity contribution in [2.45, 2.75) is 19.4 Å². The van der Waals surface area contributed by atoms with Crippen LogP contribution >= 0.6 is 11.6 Å². The number of hydrogen-bond acceptors (Lipinski definition) is 2. The zero-order valence-electron chi connectivity index (χ0n) is 11.7. The van der Waals surface area contributed by atoms with Crippen molar-refractivity contribution in [2.75, 3.05) is 11.9 Å². The first-order valence-electron chi connectivity index (χ1n) is 7.12. The van der Waals surface area contributed by atoms with Crippen LogP contribution in [0.25, 0.3) is 0 Å². The van der Waals surface area contributed by atoms with Crippen molar-refractivity contribution >= 4 is 23.2 Å². The Hall–Kier alpha value is -2.00. The van der Waals surface area contributed by atoms with Crippen LogP contribution < -0.4 is 10.6 Å². The Kier molecular flexibility index (Phi) is 4.11. The molecule has 0 aromatic heterocycles. The second-order valence-corrected chi connectivity index (χ2v) is 5.61. The fourth-order valence-electron chi connectivity index (χ4n) is 2.60. The highest BCUT2D eigenvalue weighted by Crippen LogP contribution is 2.25. The van der Waals surface area contributed by atoms with E-state index < -0.39 is 0 Å². The van der Waals surface area contributed by atoms with Crippen molar-refractivity contribution in [1.82, 2.24) is 5.32 Å². The maximum absolute atomic E-state index is 12.4. The highest BCUT2D eigenvalue weighted by Gasteiger charge is 2.16. The van der Waals surface area contributed by atoms with Gasteiger partial charge in [0.1, 0.15) is 0 Å². The maximum atomic E-state index is 12.4. The lowest BCUT2D eigenvalue weighted by molar-refractivity contribution is 0.0950. The molecule has 0 saturated carbocycles. The predicted molar refractivity (Wildman–Crippen MR) is 85.9 cm³/mol. The van der Waals surface area contributed by atoms with Gasteiger partial charge in [0.2, 0.25) is 0 Å². The summed E-state index contributed by atoms with van der Waals surface area (Å²) in [6, 6.07) is 13.4. The molecule has 21 heavy (non-hydrogen) atoms. The van der Waals surface area contributed by atoms with E-state index in [9.17, 15) is 4.79 Å². The highest BCUT2D eigenvalue weighted by molar-refractivity contribution is 6.30. The van der Waals surface area contributed by atoms with Crippen LogP contribution in [0.4, 0.5) is 5.69 Å². The van der Waals surface area contributed by atoms with Gasteiger partial charge in [-0.2, -0.15) is 0 Å². The lowest BCUT2D eigenvalue weighted by Crippen LogP contribution is -2.25. The summed E-state index contributed by atoms with van der Waals surface area (Å²) in [5.41, 5.74) is 4.02. The Morgan fingerprint density at radius 2 is 2.00 bits per heavy atom. The molecule has 1 aliphatic rings. The molecular formula is C17H17ClN2O. The first kappa shape index (κ1) is 14.0. The van der Waals surface area contributed by atoms with Gasteiger partial charge in [-0.1, -0.05) is 29.8 Å². The second kappa shape index (κ2) is 6.19. The number of carbonyl (C=O) groups is 1. The minimum Gasteiger partial charge on any atom is -0.385 e. The average Bonchev–Trinajstić information content (AvgIpc) is 2.53. The molecule has 0 saturated heterocycles. The van der Waals surface area contributed by atoms with Gasteiger partial charge in [-0.05, 0) is 48.2 Å². The number of amides is 1. The number of fused-ring (bicyclic) bond motifs is 1. The third kappa shape index (κ3) is 3.19. The fourth-order valence-corrected chi connectivity index (χ4v) is 2.73. The molecule has 0 spiro atoms. The largest absolute Gasteiger partial charge is 0.385 e. The first-order chi connectivity index (χ1) is 10.2. The summed E-state index contributed by atoms with van der Waals surface area (Å²) >= 11 is 5.86. The predicted octanol–water partition coefficient (Wildman–Crippen LogP) is 3.63. The molecule has 1 aliphatic heterocycles. The molecule has 4 heteroatoms. The Labute approximate surface area is 129 Å². The summed E-state index contributed by atoms with van der Waals surface area (Å²) in [5, 5.41) is 7.02. The average molecular weight is 301 g/mol. The van der Waals surface area contributed by atoms with Gasteiger partial charge in [0.25, 0.3) is 5.91 Å². The van der Waals surface area contributed by atoms with E-state index >= 15 is 0 Å². The normalized spacial score (nSPS) is 13.2. The molecule has 3 rings (SSSR count). The van der Waals surface area contributed by atoms with Crippen molar-refractivity contribution in [3.63, 3.8) is 0 Å². The number of rotatable bonds is 3. The molecule has 2 N–H and O–H groups in total. The van der Waals surface area contributed by atoms with Crippen molar-refractivity contribution in [3.8, 4) is 0 Å². The number of halogens is 1. The Morgan fingerprint density at radius 1 is 1.19 bits per heavy atom. The van der Waals surface area contributed by atoms with Crippen molar-refractivity contribution in [1.29, 1.82) is 0 Å². The molecule has 0 fully saturated rings. The molecule has 0 unspecified atom stereocenters. The van der Waals surface area contributed by atoms with Gasteiger partial charge in [0.15, 0.2) is 0 Å². The summed E-state index contributed by atoms with van der Waals surface area (Å²) in [7, 11) is 0. The number of benzene rings is 2. The molecule has 0 radical (unpaired) electrons. The van der Waals surface area contributed by atoms with Gasteiger partial charge in [0, 0.05) is 29.4 Å². The topological polar surface area (TPSA) is 41.1 Å². The van der Waals surface area contributed by atoms with Crippen molar-refractivity contribution in [2.24, 2.45) is 0 Å². The Morgan fingerprint density at radius 3 is 2.81 bits per heavy atom. The van der Waals surface area contributed by atoms with E-state index in [-0.39, 0.29) is 5.91 Å². The van der Waals surface area contributed by atoms with Crippen LogP contribution in [0.3, 0.4) is 0 Å². The van der Waals surface area contributed by atoms with Crippen LogP contribution in [0.1, 0.15) is 27.9 Å². The third-order valence-electron chi connectivity index (χ3n) is 3.71. The zero-order valence-corrected chi connectivity index (χ0v) is 12.4. The summed E-state index contributed by atoms with van der Waals surface area (Å²) in [4.78, 5) is 12.4. The number of anilines is 1. The van der Waals surface area contributed by atoms with Crippen LogP contribution in [-0.4, -0.2) is 12.5 Å². The third-order valence-corrected chi connectivity index (χ3v) is 3.96. The van der Waals surface area contributed by atoms with Gasteiger partial charge in [0.05, 0.1) is 0 Å². The standard InChI is InChI=1S/C17H17ClN2O/c18-13-8-6-12(7-9-13)11-20-17(21)15-3-1-5-16-14(15)4-2-10-19-16/h1,3,5-9,19H,2,4,10-11H2,(H,20,21). The summed E-state index contributed by atoms with van der Waals surface area (Å²) < 4.78 is 0. The molecule has 0 aliphatic carbocycles. The Balaban J connectivity index is 1.72. The lowest BCUT2D eigenvalue weighted by Gasteiger charge is -2.20. The minimum atomic E-state index is -0.0227.